The van der Waals surface area contributed by atoms with Crippen molar-refractivity contribution in [2.24, 2.45) is 0 Å². The van der Waals surface area contributed by atoms with E-state index in [1.54, 1.807) is 17.2 Å². The van der Waals surface area contributed by atoms with Crippen molar-refractivity contribution in [2.75, 3.05) is 38.2 Å². The highest BCUT2D eigenvalue weighted by Crippen LogP contribution is 2.10. The highest BCUT2D eigenvalue weighted by atomic mass is 16.5. The summed E-state index contributed by atoms with van der Waals surface area (Å²) >= 11 is 0. The van der Waals surface area contributed by atoms with Crippen LogP contribution in [0.5, 0.6) is 0 Å². The Labute approximate surface area is 121 Å². The first-order chi connectivity index (χ1) is 9.72. The van der Waals surface area contributed by atoms with Crippen LogP contribution >= 0.6 is 0 Å². The van der Waals surface area contributed by atoms with Gasteiger partial charge in [-0.1, -0.05) is 6.92 Å². The van der Waals surface area contributed by atoms with E-state index in [9.17, 15) is 4.79 Å². The van der Waals surface area contributed by atoms with Crippen molar-refractivity contribution in [1.82, 2.24) is 9.88 Å². The molecule has 1 aromatic heterocycles. The molecule has 0 aromatic carbocycles. The minimum absolute atomic E-state index is 0.0487. The van der Waals surface area contributed by atoms with E-state index in [4.69, 9.17) is 4.74 Å². The standard InChI is InChI=1S/C15H25N3O2/c1-4-8-16-13-7-9-17-14(12-13)15(19)18(5-2)10-11-20-6-3/h7,9,12H,4-6,8,10-11H2,1-3H3,(H,16,17). The highest BCUT2D eigenvalue weighted by Gasteiger charge is 2.15. The van der Waals surface area contributed by atoms with Gasteiger partial charge < -0.3 is 15.0 Å². The molecule has 20 heavy (non-hydrogen) atoms. The average molecular weight is 279 g/mol. The van der Waals surface area contributed by atoms with Gasteiger partial charge in [-0.15, -0.1) is 0 Å². The maximum atomic E-state index is 12.4. The third kappa shape index (κ3) is 5.17. The van der Waals surface area contributed by atoms with Gasteiger partial charge in [-0.3, -0.25) is 9.78 Å². The van der Waals surface area contributed by atoms with Gasteiger partial charge in [0, 0.05) is 38.1 Å². The van der Waals surface area contributed by atoms with Crippen LogP contribution in [0.1, 0.15) is 37.7 Å². The Balaban J connectivity index is 2.68. The first-order valence-electron chi connectivity index (χ1n) is 7.29. The number of pyridine rings is 1. The molecule has 1 aromatic rings. The van der Waals surface area contributed by atoms with E-state index < -0.39 is 0 Å². The Morgan fingerprint density at radius 3 is 2.85 bits per heavy atom. The molecule has 0 aliphatic heterocycles. The van der Waals surface area contributed by atoms with Gasteiger partial charge in [0.1, 0.15) is 5.69 Å². The zero-order valence-electron chi connectivity index (χ0n) is 12.7. The van der Waals surface area contributed by atoms with E-state index in [2.05, 4.69) is 17.2 Å². The Hall–Kier alpha value is -1.62. The predicted molar refractivity (Wildman–Crippen MR) is 81.1 cm³/mol. The normalized spacial score (nSPS) is 10.3. The van der Waals surface area contributed by atoms with E-state index >= 15 is 0 Å². The molecule has 0 unspecified atom stereocenters. The van der Waals surface area contributed by atoms with Gasteiger partial charge in [0.25, 0.3) is 5.91 Å². The second-order valence-electron chi connectivity index (χ2n) is 4.44. The quantitative estimate of drug-likeness (QED) is 0.705. The summed E-state index contributed by atoms with van der Waals surface area (Å²) in [6.07, 6.45) is 2.71. The second-order valence-corrected chi connectivity index (χ2v) is 4.44. The Morgan fingerprint density at radius 1 is 1.40 bits per heavy atom. The first kappa shape index (κ1) is 16.4. The van der Waals surface area contributed by atoms with Crippen molar-refractivity contribution < 1.29 is 9.53 Å². The lowest BCUT2D eigenvalue weighted by molar-refractivity contribution is 0.0664. The van der Waals surface area contributed by atoms with E-state index in [1.807, 2.05) is 19.9 Å². The van der Waals surface area contributed by atoms with Crippen molar-refractivity contribution in [2.45, 2.75) is 27.2 Å². The molecule has 5 heteroatoms. The third-order valence-corrected chi connectivity index (χ3v) is 2.94. The van der Waals surface area contributed by atoms with Gasteiger partial charge in [-0.2, -0.15) is 0 Å². The molecular weight excluding hydrogens is 254 g/mol. The highest BCUT2D eigenvalue weighted by molar-refractivity contribution is 5.93. The van der Waals surface area contributed by atoms with Gasteiger partial charge in [0.05, 0.1) is 6.61 Å². The van der Waals surface area contributed by atoms with Gasteiger partial charge in [0.2, 0.25) is 0 Å². The molecule has 0 aliphatic carbocycles. The third-order valence-electron chi connectivity index (χ3n) is 2.94. The topological polar surface area (TPSA) is 54.5 Å². The molecule has 0 saturated carbocycles. The van der Waals surface area contributed by atoms with Crippen molar-refractivity contribution in [3.05, 3.63) is 24.0 Å². The molecule has 1 rings (SSSR count). The maximum Gasteiger partial charge on any atom is 0.272 e. The van der Waals surface area contributed by atoms with Crippen LogP contribution in [0.25, 0.3) is 0 Å². The SMILES string of the molecule is CCCNc1ccnc(C(=O)N(CC)CCOCC)c1. The predicted octanol–water partition coefficient (Wildman–Crippen LogP) is 2.40. The molecule has 0 spiro atoms. The fourth-order valence-corrected chi connectivity index (χ4v) is 1.81. The second kappa shape index (κ2) is 9.31. The van der Waals surface area contributed by atoms with Crippen molar-refractivity contribution in [1.29, 1.82) is 0 Å². The summed E-state index contributed by atoms with van der Waals surface area (Å²) in [5.41, 5.74) is 1.41. The van der Waals surface area contributed by atoms with Crippen LogP contribution in [0.4, 0.5) is 5.69 Å². The Morgan fingerprint density at radius 2 is 2.20 bits per heavy atom. The minimum Gasteiger partial charge on any atom is -0.385 e. The van der Waals surface area contributed by atoms with Gasteiger partial charge in [-0.05, 0) is 32.4 Å². The number of anilines is 1. The van der Waals surface area contributed by atoms with Crippen molar-refractivity contribution >= 4 is 11.6 Å². The summed E-state index contributed by atoms with van der Waals surface area (Å²) in [6.45, 7) is 9.37. The molecule has 1 heterocycles. The van der Waals surface area contributed by atoms with E-state index in [-0.39, 0.29) is 5.91 Å². The van der Waals surface area contributed by atoms with Crippen molar-refractivity contribution in [3.8, 4) is 0 Å². The lowest BCUT2D eigenvalue weighted by Gasteiger charge is -2.20. The number of ether oxygens (including phenoxy) is 1. The summed E-state index contributed by atoms with van der Waals surface area (Å²) in [5, 5.41) is 3.26. The smallest absolute Gasteiger partial charge is 0.272 e. The van der Waals surface area contributed by atoms with Gasteiger partial charge >= 0.3 is 0 Å². The van der Waals surface area contributed by atoms with Crippen molar-refractivity contribution in [3.63, 3.8) is 0 Å². The number of aromatic nitrogens is 1. The first-order valence-corrected chi connectivity index (χ1v) is 7.29. The molecule has 0 aliphatic rings. The lowest BCUT2D eigenvalue weighted by Crippen LogP contribution is -2.34. The molecule has 1 N–H and O–H groups in total. The summed E-state index contributed by atoms with van der Waals surface area (Å²) in [6, 6.07) is 3.68. The molecule has 5 nitrogen and oxygen atoms in total. The summed E-state index contributed by atoms with van der Waals surface area (Å²) in [7, 11) is 0. The minimum atomic E-state index is -0.0487. The summed E-state index contributed by atoms with van der Waals surface area (Å²) in [4.78, 5) is 18.3. The van der Waals surface area contributed by atoms with Crippen LogP contribution in [-0.4, -0.2) is 48.6 Å². The number of hydrogen-bond acceptors (Lipinski definition) is 4. The van der Waals surface area contributed by atoms with Crippen LogP contribution in [0.2, 0.25) is 0 Å². The molecule has 1 amide bonds. The molecule has 112 valence electrons. The molecule has 0 fully saturated rings. The molecule has 0 radical (unpaired) electrons. The van der Waals surface area contributed by atoms with Crippen LogP contribution < -0.4 is 5.32 Å². The fraction of sp³-hybridized carbons (Fsp3) is 0.600. The monoisotopic (exact) mass is 279 g/mol. The van der Waals surface area contributed by atoms with Crippen LogP contribution in [0, 0.1) is 0 Å². The molecule has 0 bridgehead atoms. The summed E-state index contributed by atoms with van der Waals surface area (Å²) < 4.78 is 5.30. The fourth-order valence-electron chi connectivity index (χ4n) is 1.81. The zero-order valence-corrected chi connectivity index (χ0v) is 12.7. The maximum absolute atomic E-state index is 12.4. The van der Waals surface area contributed by atoms with Crippen LogP contribution in [0.3, 0.4) is 0 Å². The van der Waals surface area contributed by atoms with E-state index in [1.165, 1.54) is 0 Å². The van der Waals surface area contributed by atoms with Crippen LogP contribution in [-0.2, 0) is 4.74 Å². The lowest BCUT2D eigenvalue weighted by atomic mass is 10.2. The largest absolute Gasteiger partial charge is 0.385 e. The number of amides is 1. The number of likely N-dealkylation sites (N-methyl/N-ethyl adjacent to an activating group) is 1. The van der Waals surface area contributed by atoms with Gasteiger partial charge in [-0.25, -0.2) is 0 Å². The number of rotatable bonds is 9. The van der Waals surface area contributed by atoms with Gasteiger partial charge in [0.15, 0.2) is 0 Å². The number of nitrogens with one attached hydrogen (secondary N) is 1. The Bertz CT molecular complexity index is 410. The number of carbonyl (C=O) groups excluding carboxylic acids is 1. The number of carbonyl (C=O) groups is 1. The molecular formula is C15H25N3O2. The molecule has 0 saturated heterocycles. The average Bonchev–Trinajstić information content (AvgIpc) is 2.49. The van der Waals surface area contributed by atoms with E-state index in [0.29, 0.717) is 32.0 Å². The Kier molecular flexibility index (Phi) is 7.65. The van der Waals surface area contributed by atoms with Crippen LogP contribution in [0.15, 0.2) is 18.3 Å². The zero-order chi connectivity index (χ0) is 14.8. The molecule has 0 atom stereocenters. The number of hydrogen-bond donors (Lipinski definition) is 1. The van der Waals surface area contributed by atoms with E-state index in [0.717, 1.165) is 18.7 Å². The summed E-state index contributed by atoms with van der Waals surface area (Å²) in [5.74, 6) is -0.0487. The number of nitrogens with zero attached hydrogens (tertiary/aromatic N) is 2.